The van der Waals surface area contributed by atoms with Crippen molar-refractivity contribution in [3.63, 3.8) is 0 Å². The van der Waals surface area contributed by atoms with Crippen LogP contribution in [0.15, 0.2) is 57.9 Å². The molecule has 0 aliphatic rings. The monoisotopic (exact) mass is 325 g/mol. The molecular weight excluding hydrogens is 310 g/mol. The van der Waals surface area contributed by atoms with Crippen molar-refractivity contribution in [2.75, 3.05) is 14.1 Å². The van der Waals surface area contributed by atoms with Gasteiger partial charge in [0.25, 0.3) is 0 Å². The van der Waals surface area contributed by atoms with Crippen molar-refractivity contribution in [2.24, 2.45) is 0 Å². The lowest BCUT2D eigenvalue weighted by molar-refractivity contribution is 0.172. The maximum absolute atomic E-state index is 12.6. The molecule has 3 rings (SSSR count). The molecular formula is C18H15NO5. The quantitative estimate of drug-likeness (QED) is 0.782. The molecule has 1 amide bonds. The van der Waals surface area contributed by atoms with Crippen LogP contribution in [0, 0.1) is 0 Å². The fraction of sp³-hybridized carbons (Fsp3) is 0.111. The number of benzene rings is 2. The molecule has 0 aliphatic carbocycles. The Kier molecular flexibility index (Phi) is 3.95. The van der Waals surface area contributed by atoms with Crippen molar-refractivity contribution < 1.29 is 19.1 Å². The van der Waals surface area contributed by atoms with Gasteiger partial charge in [-0.05, 0) is 29.8 Å². The molecule has 0 saturated carbocycles. The molecule has 0 bridgehead atoms. The van der Waals surface area contributed by atoms with Gasteiger partial charge in [-0.3, -0.25) is 4.79 Å². The Hall–Kier alpha value is -3.28. The Bertz CT molecular complexity index is 957. The predicted octanol–water partition coefficient (Wildman–Crippen LogP) is 3.23. The summed E-state index contributed by atoms with van der Waals surface area (Å²) in [5, 5.41) is 9.82. The van der Waals surface area contributed by atoms with Gasteiger partial charge in [0.2, 0.25) is 0 Å². The number of ether oxygens (including phenoxy) is 1. The molecule has 0 aliphatic heterocycles. The summed E-state index contributed by atoms with van der Waals surface area (Å²) >= 11 is 0. The second-order valence-electron chi connectivity index (χ2n) is 5.45. The molecule has 1 N–H and O–H groups in total. The van der Waals surface area contributed by atoms with E-state index in [4.69, 9.17) is 9.15 Å². The molecule has 122 valence electrons. The third kappa shape index (κ3) is 2.94. The lowest BCUT2D eigenvalue weighted by Crippen LogP contribution is -2.25. The number of amides is 1. The molecule has 1 aromatic heterocycles. The van der Waals surface area contributed by atoms with Crippen molar-refractivity contribution in [3.8, 4) is 22.6 Å². The Labute approximate surface area is 137 Å². The van der Waals surface area contributed by atoms with E-state index in [1.807, 2.05) is 0 Å². The molecule has 0 atom stereocenters. The largest absolute Gasteiger partial charge is 0.508 e. The zero-order chi connectivity index (χ0) is 17.3. The summed E-state index contributed by atoms with van der Waals surface area (Å²) in [6.07, 6.45) is 0.873. The molecule has 0 radical (unpaired) electrons. The van der Waals surface area contributed by atoms with Gasteiger partial charge in [0.15, 0.2) is 5.43 Å². The summed E-state index contributed by atoms with van der Waals surface area (Å²) in [6.45, 7) is 0. The number of fused-ring (bicyclic) bond motifs is 1. The van der Waals surface area contributed by atoms with Gasteiger partial charge in [0.1, 0.15) is 23.3 Å². The maximum atomic E-state index is 12.6. The molecule has 0 saturated heterocycles. The topological polar surface area (TPSA) is 80.0 Å². The number of phenols is 1. The van der Waals surface area contributed by atoms with E-state index in [-0.39, 0.29) is 11.2 Å². The van der Waals surface area contributed by atoms with E-state index in [1.54, 1.807) is 38.4 Å². The van der Waals surface area contributed by atoms with Crippen LogP contribution in [0.1, 0.15) is 0 Å². The lowest BCUT2D eigenvalue weighted by Gasteiger charge is -2.11. The number of carbonyl (C=O) groups excluding carboxylic acids is 1. The third-order valence-electron chi connectivity index (χ3n) is 3.49. The van der Waals surface area contributed by atoms with Gasteiger partial charge in [-0.2, -0.15) is 0 Å². The predicted molar refractivity (Wildman–Crippen MR) is 89.3 cm³/mol. The number of aromatic hydroxyl groups is 1. The standard InChI is InChI=1S/C18H15NO5/c1-19(2)18(22)24-13-6-3-11(4-7-13)15-10-23-16-9-12(20)5-8-14(16)17(15)21/h3-10,20H,1-2H3. The first-order chi connectivity index (χ1) is 11.5. The van der Waals surface area contributed by atoms with Gasteiger partial charge >= 0.3 is 6.09 Å². The Morgan fingerprint density at radius 1 is 1.12 bits per heavy atom. The van der Waals surface area contributed by atoms with Crippen molar-refractivity contribution in [3.05, 3.63) is 59.0 Å². The third-order valence-corrected chi connectivity index (χ3v) is 3.49. The number of phenolic OH excluding ortho intramolecular Hbond substituents is 1. The van der Waals surface area contributed by atoms with E-state index in [0.717, 1.165) is 0 Å². The van der Waals surface area contributed by atoms with Crippen LogP contribution in [-0.4, -0.2) is 30.2 Å². The van der Waals surface area contributed by atoms with Crippen LogP contribution in [0.25, 0.3) is 22.1 Å². The van der Waals surface area contributed by atoms with Crippen molar-refractivity contribution in [1.82, 2.24) is 4.90 Å². The molecule has 0 spiro atoms. The van der Waals surface area contributed by atoms with Crippen LogP contribution in [0.3, 0.4) is 0 Å². The molecule has 0 unspecified atom stereocenters. The Morgan fingerprint density at radius 2 is 1.83 bits per heavy atom. The first kappa shape index (κ1) is 15.6. The molecule has 3 aromatic rings. The zero-order valence-electron chi connectivity index (χ0n) is 13.1. The second-order valence-corrected chi connectivity index (χ2v) is 5.45. The van der Waals surface area contributed by atoms with Crippen LogP contribution >= 0.6 is 0 Å². The molecule has 1 heterocycles. The van der Waals surface area contributed by atoms with Crippen LogP contribution in [0.4, 0.5) is 4.79 Å². The highest BCUT2D eigenvalue weighted by Gasteiger charge is 2.11. The van der Waals surface area contributed by atoms with Gasteiger partial charge in [-0.25, -0.2) is 4.79 Å². The minimum Gasteiger partial charge on any atom is -0.508 e. The summed E-state index contributed by atoms with van der Waals surface area (Å²) in [5.74, 6) is 0.415. The summed E-state index contributed by atoms with van der Waals surface area (Å²) in [5.41, 5.74) is 1.15. The molecule has 6 heteroatoms. The zero-order valence-corrected chi connectivity index (χ0v) is 13.1. The fourth-order valence-electron chi connectivity index (χ4n) is 2.21. The average molecular weight is 325 g/mol. The SMILES string of the molecule is CN(C)C(=O)Oc1ccc(-c2coc3cc(O)ccc3c2=O)cc1. The van der Waals surface area contributed by atoms with E-state index >= 15 is 0 Å². The summed E-state index contributed by atoms with van der Waals surface area (Å²) in [4.78, 5) is 25.4. The Morgan fingerprint density at radius 3 is 2.50 bits per heavy atom. The summed E-state index contributed by atoms with van der Waals surface area (Å²) < 4.78 is 10.6. The van der Waals surface area contributed by atoms with Gasteiger partial charge in [-0.15, -0.1) is 0 Å². The highest BCUT2D eigenvalue weighted by Crippen LogP contribution is 2.24. The summed E-state index contributed by atoms with van der Waals surface area (Å²) in [7, 11) is 3.18. The van der Waals surface area contributed by atoms with Crippen molar-refractivity contribution >= 4 is 17.1 Å². The molecule has 24 heavy (non-hydrogen) atoms. The van der Waals surface area contributed by atoms with Crippen molar-refractivity contribution in [2.45, 2.75) is 0 Å². The first-order valence-corrected chi connectivity index (χ1v) is 7.20. The minimum absolute atomic E-state index is 0.0328. The molecule has 6 nitrogen and oxygen atoms in total. The van der Waals surface area contributed by atoms with Crippen molar-refractivity contribution in [1.29, 1.82) is 0 Å². The van der Waals surface area contributed by atoms with Crippen LogP contribution in [0.5, 0.6) is 11.5 Å². The normalized spacial score (nSPS) is 10.6. The average Bonchev–Trinajstić information content (AvgIpc) is 2.56. The summed E-state index contributed by atoms with van der Waals surface area (Å²) in [6, 6.07) is 10.9. The van der Waals surface area contributed by atoms with E-state index in [0.29, 0.717) is 27.8 Å². The highest BCUT2D eigenvalue weighted by atomic mass is 16.6. The number of nitrogens with zero attached hydrogens (tertiary/aromatic N) is 1. The lowest BCUT2D eigenvalue weighted by atomic mass is 10.1. The minimum atomic E-state index is -0.479. The van der Waals surface area contributed by atoms with E-state index in [2.05, 4.69) is 0 Å². The fourth-order valence-corrected chi connectivity index (χ4v) is 2.21. The van der Waals surface area contributed by atoms with E-state index in [9.17, 15) is 14.7 Å². The van der Waals surface area contributed by atoms with E-state index in [1.165, 1.54) is 29.4 Å². The number of hydrogen-bond acceptors (Lipinski definition) is 5. The van der Waals surface area contributed by atoms with Crippen LogP contribution < -0.4 is 10.2 Å². The van der Waals surface area contributed by atoms with Gasteiger partial charge < -0.3 is 19.2 Å². The smallest absolute Gasteiger partial charge is 0.414 e. The maximum Gasteiger partial charge on any atom is 0.414 e. The number of rotatable bonds is 2. The molecule has 2 aromatic carbocycles. The van der Waals surface area contributed by atoms with Gasteiger partial charge in [-0.1, -0.05) is 12.1 Å². The second kappa shape index (κ2) is 6.08. The number of hydrogen-bond donors (Lipinski definition) is 1. The van der Waals surface area contributed by atoms with Crippen LogP contribution in [-0.2, 0) is 0 Å². The van der Waals surface area contributed by atoms with Crippen LogP contribution in [0.2, 0.25) is 0 Å². The first-order valence-electron chi connectivity index (χ1n) is 7.20. The van der Waals surface area contributed by atoms with E-state index < -0.39 is 6.09 Å². The number of carbonyl (C=O) groups is 1. The molecule has 0 fully saturated rings. The highest BCUT2D eigenvalue weighted by molar-refractivity contribution is 5.82. The Balaban J connectivity index is 1.96. The van der Waals surface area contributed by atoms with Gasteiger partial charge in [0.05, 0.1) is 10.9 Å². The van der Waals surface area contributed by atoms with Gasteiger partial charge in [0, 0.05) is 20.2 Å².